The number of aromatic nitrogens is 2. The summed E-state index contributed by atoms with van der Waals surface area (Å²) in [7, 11) is 0. The molecule has 0 bridgehead atoms. The van der Waals surface area contributed by atoms with E-state index in [2.05, 4.69) is 19.8 Å². The van der Waals surface area contributed by atoms with Crippen molar-refractivity contribution in [1.29, 1.82) is 0 Å². The molecule has 0 N–H and O–H groups in total. The van der Waals surface area contributed by atoms with Crippen LogP contribution in [0.3, 0.4) is 0 Å². The van der Waals surface area contributed by atoms with Crippen LogP contribution < -0.4 is 4.90 Å². The molecule has 0 unspecified atom stereocenters. The lowest BCUT2D eigenvalue weighted by atomic mass is 9.83. The molecule has 6 heteroatoms. The topological polar surface area (TPSA) is 62.5 Å². The van der Waals surface area contributed by atoms with Crippen molar-refractivity contribution in [2.45, 2.75) is 45.6 Å². The summed E-state index contributed by atoms with van der Waals surface area (Å²) < 4.78 is 5.67. The number of piperidine rings is 2. The number of furan rings is 1. The standard InChI is InChI=1S/C20H26N4O2/c1-14-3-5-17(26-14)7-12-24-18-8-11-23(13-16(18)4-6-19(24)25)20-15(2)21-9-10-22-20/h3,5,9-10,16,18H,4,6-8,11-13H2,1-2H3/t16-,18+/m0/s1. The van der Waals surface area contributed by atoms with Crippen LogP contribution in [0.4, 0.5) is 5.82 Å². The Morgan fingerprint density at radius 2 is 2.04 bits per heavy atom. The van der Waals surface area contributed by atoms with Crippen molar-refractivity contribution in [3.05, 3.63) is 41.7 Å². The SMILES string of the molecule is Cc1ccc(CCN2C(=O)CC[C@H]3CN(c4nccnc4C)CC[C@H]32)o1. The number of hydrogen-bond donors (Lipinski definition) is 0. The van der Waals surface area contributed by atoms with Crippen molar-refractivity contribution in [3.8, 4) is 0 Å². The number of amides is 1. The second-order valence-corrected chi connectivity index (χ2v) is 7.42. The molecule has 0 spiro atoms. The first-order valence-corrected chi connectivity index (χ1v) is 9.49. The second kappa shape index (κ2) is 7.09. The Hall–Kier alpha value is -2.37. The first-order valence-electron chi connectivity index (χ1n) is 9.49. The number of nitrogens with zero attached hydrogens (tertiary/aromatic N) is 4. The van der Waals surface area contributed by atoms with Crippen LogP contribution in [-0.2, 0) is 11.2 Å². The molecule has 6 nitrogen and oxygen atoms in total. The van der Waals surface area contributed by atoms with Crippen LogP contribution in [0.2, 0.25) is 0 Å². The zero-order valence-corrected chi connectivity index (χ0v) is 15.5. The van der Waals surface area contributed by atoms with Gasteiger partial charge in [-0.05, 0) is 44.7 Å². The molecule has 2 atom stereocenters. The Balaban J connectivity index is 1.44. The summed E-state index contributed by atoms with van der Waals surface area (Å²) >= 11 is 0. The van der Waals surface area contributed by atoms with Gasteiger partial charge in [-0.3, -0.25) is 9.78 Å². The maximum Gasteiger partial charge on any atom is 0.222 e. The molecule has 4 heterocycles. The number of hydrogen-bond acceptors (Lipinski definition) is 5. The lowest BCUT2D eigenvalue weighted by molar-refractivity contribution is -0.139. The van der Waals surface area contributed by atoms with E-state index < -0.39 is 0 Å². The molecule has 2 fully saturated rings. The number of fused-ring (bicyclic) bond motifs is 1. The van der Waals surface area contributed by atoms with Crippen molar-refractivity contribution >= 4 is 11.7 Å². The highest BCUT2D eigenvalue weighted by atomic mass is 16.3. The van der Waals surface area contributed by atoms with Gasteiger partial charge in [0.15, 0.2) is 0 Å². The van der Waals surface area contributed by atoms with Crippen LogP contribution in [0, 0.1) is 19.8 Å². The minimum atomic E-state index is 0.290. The van der Waals surface area contributed by atoms with E-state index >= 15 is 0 Å². The molecule has 2 saturated heterocycles. The fraction of sp³-hybridized carbons (Fsp3) is 0.550. The predicted octanol–water partition coefficient (Wildman–Crippen LogP) is 2.75. The second-order valence-electron chi connectivity index (χ2n) is 7.42. The van der Waals surface area contributed by atoms with Gasteiger partial charge in [0.2, 0.25) is 5.91 Å². The summed E-state index contributed by atoms with van der Waals surface area (Å²) in [6.45, 7) is 6.58. The van der Waals surface area contributed by atoms with Crippen molar-refractivity contribution < 1.29 is 9.21 Å². The number of carbonyl (C=O) groups is 1. The van der Waals surface area contributed by atoms with E-state index in [1.54, 1.807) is 12.4 Å². The van der Waals surface area contributed by atoms with E-state index in [1.807, 2.05) is 26.0 Å². The normalized spacial score (nSPS) is 23.2. The minimum Gasteiger partial charge on any atom is -0.466 e. The molecule has 0 radical (unpaired) electrons. The number of anilines is 1. The zero-order chi connectivity index (χ0) is 18.1. The fourth-order valence-corrected chi connectivity index (χ4v) is 4.39. The summed E-state index contributed by atoms with van der Waals surface area (Å²) in [4.78, 5) is 25.9. The van der Waals surface area contributed by atoms with Crippen molar-refractivity contribution in [1.82, 2.24) is 14.9 Å². The molecule has 138 valence electrons. The Labute approximate surface area is 154 Å². The molecule has 0 aromatic carbocycles. The molecule has 2 aromatic rings. The highest BCUT2D eigenvalue weighted by Crippen LogP contribution is 2.33. The first kappa shape index (κ1) is 17.1. The third kappa shape index (κ3) is 3.32. The summed E-state index contributed by atoms with van der Waals surface area (Å²) in [5.41, 5.74) is 0.975. The van der Waals surface area contributed by atoms with Crippen molar-refractivity contribution in [3.63, 3.8) is 0 Å². The van der Waals surface area contributed by atoms with Crippen LogP contribution >= 0.6 is 0 Å². The minimum absolute atomic E-state index is 0.290. The van der Waals surface area contributed by atoms with Gasteiger partial charge in [-0.2, -0.15) is 0 Å². The van der Waals surface area contributed by atoms with E-state index in [0.29, 0.717) is 24.3 Å². The lowest BCUT2D eigenvalue weighted by Crippen LogP contribution is -2.56. The summed E-state index contributed by atoms with van der Waals surface area (Å²) in [6, 6.07) is 4.33. The van der Waals surface area contributed by atoms with Gasteiger partial charge in [-0.1, -0.05) is 0 Å². The summed E-state index contributed by atoms with van der Waals surface area (Å²) in [6.07, 6.45) is 6.89. The Morgan fingerprint density at radius 3 is 2.81 bits per heavy atom. The molecule has 2 aliphatic rings. The average Bonchev–Trinajstić information content (AvgIpc) is 3.06. The Kier molecular flexibility index (Phi) is 4.66. The van der Waals surface area contributed by atoms with Gasteiger partial charge in [0.1, 0.15) is 17.3 Å². The van der Waals surface area contributed by atoms with Crippen LogP contribution in [-0.4, -0.2) is 46.5 Å². The third-order valence-electron chi connectivity index (χ3n) is 5.69. The number of rotatable bonds is 4. The predicted molar refractivity (Wildman–Crippen MR) is 99.0 cm³/mol. The van der Waals surface area contributed by atoms with Gasteiger partial charge < -0.3 is 14.2 Å². The van der Waals surface area contributed by atoms with Crippen molar-refractivity contribution in [2.75, 3.05) is 24.5 Å². The monoisotopic (exact) mass is 354 g/mol. The highest BCUT2D eigenvalue weighted by molar-refractivity contribution is 5.77. The van der Waals surface area contributed by atoms with E-state index in [-0.39, 0.29) is 0 Å². The van der Waals surface area contributed by atoms with E-state index in [9.17, 15) is 4.79 Å². The van der Waals surface area contributed by atoms with Crippen LogP contribution in [0.1, 0.15) is 36.5 Å². The largest absolute Gasteiger partial charge is 0.466 e. The van der Waals surface area contributed by atoms with E-state index in [4.69, 9.17) is 4.42 Å². The number of aryl methyl sites for hydroxylation is 2. The maximum absolute atomic E-state index is 12.5. The summed E-state index contributed by atoms with van der Waals surface area (Å²) in [5, 5.41) is 0. The summed E-state index contributed by atoms with van der Waals surface area (Å²) in [5.74, 6) is 3.67. The molecule has 2 aromatic heterocycles. The Morgan fingerprint density at radius 1 is 1.19 bits per heavy atom. The Bertz CT molecular complexity index is 788. The van der Waals surface area contributed by atoms with Crippen LogP contribution in [0.15, 0.2) is 28.9 Å². The van der Waals surface area contributed by atoms with E-state index in [1.165, 1.54) is 0 Å². The van der Waals surface area contributed by atoms with Gasteiger partial charge in [-0.15, -0.1) is 0 Å². The lowest BCUT2D eigenvalue weighted by Gasteiger charge is -2.47. The molecule has 4 rings (SSSR count). The number of likely N-dealkylation sites (tertiary alicyclic amines) is 1. The molecule has 0 aliphatic carbocycles. The maximum atomic E-state index is 12.5. The third-order valence-corrected chi connectivity index (χ3v) is 5.69. The zero-order valence-electron chi connectivity index (χ0n) is 15.5. The van der Waals surface area contributed by atoms with Gasteiger partial charge in [-0.25, -0.2) is 4.98 Å². The van der Waals surface area contributed by atoms with Crippen molar-refractivity contribution in [2.24, 2.45) is 5.92 Å². The molecule has 1 amide bonds. The quantitative estimate of drug-likeness (QED) is 0.845. The fourth-order valence-electron chi connectivity index (χ4n) is 4.39. The van der Waals surface area contributed by atoms with Gasteiger partial charge in [0.05, 0.1) is 5.69 Å². The first-order chi connectivity index (χ1) is 12.6. The molecular formula is C20H26N4O2. The molecular weight excluding hydrogens is 328 g/mol. The van der Waals surface area contributed by atoms with E-state index in [0.717, 1.165) is 61.9 Å². The van der Waals surface area contributed by atoms with Gasteiger partial charge >= 0.3 is 0 Å². The smallest absolute Gasteiger partial charge is 0.222 e. The number of carbonyl (C=O) groups excluding carboxylic acids is 1. The van der Waals surface area contributed by atoms with Crippen LogP contribution in [0.25, 0.3) is 0 Å². The van der Waals surface area contributed by atoms with Gasteiger partial charge in [0, 0.05) is 50.9 Å². The molecule has 0 saturated carbocycles. The van der Waals surface area contributed by atoms with Gasteiger partial charge in [0.25, 0.3) is 0 Å². The average molecular weight is 354 g/mol. The molecule has 2 aliphatic heterocycles. The van der Waals surface area contributed by atoms with Crippen LogP contribution in [0.5, 0.6) is 0 Å². The highest BCUT2D eigenvalue weighted by Gasteiger charge is 2.39. The molecule has 26 heavy (non-hydrogen) atoms.